The Kier molecular flexibility index (Phi) is 6.47. The van der Waals surface area contributed by atoms with Gasteiger partial charge in [0.25, 0.3) is 0 Å². The van der Waals surface area contributed by atoms with Crippen LogP contribution in [-0.4, -0.2) is 42.3 Å². The third-order valence-electron chi connectivity index (χ3n) is 5.62. The number of hydrogen-bond acceptors (Lipinski definition) is 6. The Hall–Kier alpha value is -3.98. The fraction of sp³-hybridized carbons (Fsp3) is 0.280. The van der Waals surface area contributed by atoms with Crippen molar-refractivity contribution in [3.05, 3.63) is 64.5 Å². The molecular weight excluding hydrogens is 436 g/mol. The standard InChI is InChI=1S/C25H26N4O5/c1-15-10-23(31)27-20-6-4-5-7-21(20)29(15)24(32)14-28(3)13-17-11-25(33)34-22-12-18(26-16(2)30)8-9-19(17)22/h4-9,11-12,15H,10,13-14H2,1-3H3,(H,26,30)(H,27,31). The van der Waals surface area contributed by atoms with Gasteiger partial charge in [0.1, 0.15) is 5.58 Å². The van der Waals surface area contributed by atoms with Crippen molar-refractivity contribution in [2.24, 2.45) is 0 Å². The third-order valence-corrected chi connectivity index (χ3v) is 5.62. The maximum Gasteiger partial charge on any atom is 0.336 e. The molecule has 0 aliphatic carbocycles. The second-order valence-corrected chi connectivity index (χ2v) is 8.54. The largest absolute Gasteiger partial charge is 0.423 e. The number of amides is 3. The van der Waals surface area contributed by atoms with Gasteiger partial charge in [-0.2, -0.15) is 0 Å². The number of benzene rings is 2. The first-order valence-corrected chi connectivity index (χ1v) is 10.9. The van der Waals surface area contributed by atoms with Crippen LogP contribution in [0.1, 0.15) is 25.8 Å². The summed E-state index contributed by atoms with van der Waals surface area (Å²) < 4.78 is 5.32. The van der Waals surface area contributed by atoms with Gasteiger partial charge in [-0.05, 0) is 43.8 Å². The topological polar surface area (TPSA) is 112 Å². The molecule has 9 heteroatoms. The van der Waals surface area contributed by atoms with Gasteiger partial charge in [-0.25, -0.2) is 4.79 Å². The average Bonchev–Trinajstić information content (AvgIpc) is 2.86. The van der Waals surface area contributed by atoms with Crippen molar-refractivity contribution in [3.8, 4) is 0 Å². The Morgan fingerprint density at radius 3 is 2.71 bits per heavy atom. The fourth-order valence-corrected chi connectivity index (χ4v) is 4.26. The number of carbonyl (C=O) groups excluding carboxylic acids is 3. The van der Waals surface area contributed by atoms with E-state index in [1.54, 1.807) is 36.2 Å². The molecule has 0 radical (unpaired) electrons. The maximum absolute atomic E-state index is 13.3. The van der Waals surface area contributed by atoms with Crippen LogP contribution >= 0.6 is 0 Å². The van der Waals surface area contributed by atoms with Gasteiger partial charge in [0.15, 0.2) is 0 Å². The van der Waals surface area contributed by atoms with Crippen molar-refractivity contribution in [1.82, 2.24) is 4.90 Å². The van der Waals surface area contributed by atoms with E-state index >= 15 is 0 Å². The number of carbonyl (C=O) groups is 3. The minimum absolute atomic E-state index is 0.0819. The van der Waals surface area contributed by atoms with Crippen molar-refractivity contribution < 1.29 is 18.8 Å². The van der Waals surface area contributed by atoms with Crippen molar-refractivity contribution in [3.63, 3.8) is 0 Å². The normalized spacial score (nSPS) is 15.6. The highest BCUT2D eigenvalue weighted by Crippen LogP contribution is 2.31. The van der Waals surface area contributed by atoms with E-state index < -0.39 is 5.63 Å². The minimum Gasteiger partial charge on any atom is -0.423 e. The minimum atomic E-state index is -0.512. The molecule has 1 aromatic heterocycles. The Morgan fingerprint density at radius 2 is 1.94 bits per heavy atom. The lowest BCUT2D eigenvalue weighted by Crippen LogP contribution is -2.44. The lowest BCUT2D eigenvalue weighted by Gasteiger charge is -2.29. The van der Waals surface area contributed by atoms with Gasteiger partial charge in [-0.1, -0.05) is 12.1 Å². The summed E-state index contributed by atoms with van der Waals surface area (Å²) in [7, 11) is 1.79. The number of rotatable bonds is 5. The van der Waals surface area contributed by atoms with Crippen LogP contribution in [0.5, 0.6) is 0 Å². The zero-order chi connectivity index (χ0) is 24.4. The fourth-order valence-electron chi connectivity index (χ4n) is 4.26. The molecule has 4 rings (SSSR count). The predicted octanol–water partition coefficient (Wildman–Crippen LogP) is 2.95. The molecule has 1 aliphatic heterocycles. The number of nitrogens with one attached hydrogen (secondary N) is 2. The molecule has 0 saturated carbocycles. The first kappa shape index (κ1) is 23.2. The lowest BCUT2D eigenvalue weighted by molar-refractivity contribution is -0.120. The molecule has 0 bridgehead atoms. The monoisotopic (exact) mass is 462 g/mol. The van der Waals surface area contributed by atoms with E-state index in [-0.39, 0.29) is 36.7 Å². The van der Waals surface area contributed by atoms with Crippen LogP contribution in [-0.2, 0) is 20.9 Å². The maximum atomic E-state index is 13.3. The lowest BCUT2D eigenvalue weighted by atomic mass is 10.1. The van der Waals surface area contributed by atoms with E-state index in [1.807, 2.05) is 30.0 Å². The molecule has 0 spiro atoms. The zero-order valence-electron chi connectivity index (χ0n) is 19.3. The number of likely N-dealkylation sites (N-methyl/N-ethyl adjacent to an activating group) is 1. The summed E-state index contributed by atoms with van der Waals surface area (Å²) in [5.41, 5.74) is 2.35. The number of nitrogens with zero attached hydrogens (tertiary/aromatic N) is 2. The molecule has 0 fully saturated rings. The highest BCUT2D eigenvalue weighted by Gasteiger charge is 2.30. The van der Waals surface area contributed by atoms with Gasteiger partial charge in [0, 0.05) is 49.1 Å². The Bertz CT molecular complexity index is 1330. The molecule has 1 atom stereocenters. The summed E-state index contributed by atoms with van der Waals surface area (Å²) >= 11 is 0. The Labute approximate surface area is 196 Å². The highest BCUT2D eigenvalue weighted by atomic mass is 16.4. The van der Waals surface area contributed by atoms with Crippen LogP contribution in [0, 0.1) is 0 Å². The average molecular weight is 463 g/mol. The number of fused-ring (bicyclic) bond motifs is 2. The number of para-hydroxylation sites is 2. The molecular formula is C25H26N4O5. The van der Waals surface area contributed by atoms with Gasteiger partial charge in [0.05, 0.1) is 17.9 Å². The summed E-state index contributed by atoms with van der Waals surface area (Å²) in [5, 5.41) is 6.24. The van der Waals surface area contributed by atoms with E-state index in [9.17, 15) is 19.2 Å². The first-order chi connectivity index (χ1) is 16.2. The molecule has 1 unspecified atom stereocenters. The van der Waals surface area contributed by atoms with Crippen LogP contribution in [0.2, 0.25) is 0 Å². The van der Waals surface area contributed by atoms with Gasteiger partial charge in [-0.3, -0.25) is 19.3 Å². The molecule has 2 aromatic carbocycles. The molecule has 9 nitrogen and oxygen atoms in total. The summed E-state index contributed by atoms with van der Waals surface area (Å²) in [6, 6.07) is 13.5. The van der Waals surface area contributed by atoms with Crippen molar-refractivity contribution in [2.45, 2.75) is 32.9 Å². The van der Waals surface area contributed by atoms with Crippen LogP contribution in [0.25, 0.3) is 11.0 Å². The van der Waals surface area contributed by atoms with E-state index in [0.29, 0.717) is 34.8 Å². The van der Waals surface area contributed by atoms with E-state index in [1.165, 1.54) is 13.0 Å². The quantitative estimate of drug-likeness (QED) is 0.564. The molecule has 3 amide bonds. The van der Waals surface area contributed by atoms with Crippen molar-refractivity contribution in [2.75, 3.05) is 29.1 Å². The summed E-state index contributed by atoms with van der Waals surface area (Å²) in [4.78, 5) is 52.5. The molecule has 3 aromatic rings. The second kappa shape index (κ2) is 9.48. The van der Waals surface area contributed by atoms with Crippen LogP contribution < -0.4 is 21.2 Å². The third kappa shape index (κ3) is 4.99. The highest BCUT2D eigenvalue weighted by molar-refractivity contribution is 6.05. The van der Waals surface area contributed by atoms with Crippen LogP contribution in [0.15, 0.2) is 57.7 Å². The smallest absolute Gasteiger partial charge is 0.336 e. The summed E-state index contributed by atoms with van der Waals surface area (Å²) in [5.74, 6) is -0.513. The van der Waals surface area contributed by atoms with Gasteiger partial charge >= 0.3 is 5.63 Å². The first-order valence-electron chi connectivity index (χ1n) is 10.9. The van der Waals surface area contributed by atoms with Crippen LogP contribution in [0.4, 0.5) is 17.1 Å². The molecule has 0 saturated heterocycles. The molecule has 34 heavy (non-hydrogen) atoms. The number of anilines is 3. The van der Waals surface area contributed by atoms with E-state index in [4.69, 9.17) is 4.42 Å². The van der Waals surface area contributed by atoms with E-state index in [2.05, 4.69) is 10.6 Å². The molecule has 2 heterocycles. The van der Waals surface area contributed by atoms with Crippen LogP contribution in [0.3, 0.4) is 0 Å². The van der Waals surface area contributed by atoms with Gasteiger partial charge in [0.2, 0.25) is 17.7 Å². The van der Waals surface area contributed by atoms with Crippen molar-refractivity contribution >= 4 is 45.8 Å². The Morgan fingerprint density at radius 1 is 1.18 bits per heavy atom. The molecule has 1 aliphatic rings. The summed E-state index contributed by atoms with van der Waals surface area (Å²) in [6.45, 7) is 3.66. The number of hydrogen-bond donors (Lipinski definition) is 2. The summed E-state index contributed by atoms with van der Waals surface area (Å²) in [6.07, 6.45) is 0.200. The SMILES string of the molecule is CC(=O)Nc1ccc2c(CN(C)CC(=O)N3c4ccccc4NC(=O)CC3C)cc(=O)oc2c1. The van der Waals surface area contributed by atoms with Gasteiger partial charge < -0.3 is 20.0 Å². The molecule has 2 N–H and O–H groups in total. The zero-order valence-corrected chi connectivity index (χ0v) is 19.3. The van der Waals surface area contributed by atoms with Crippen molar-refractivity contribution in [1.29, 1.82) is 0 Å². The van der Waals surface area contributed by atoms with E-state index in [0.717, 1.165) is 5.39 Å². The second-order valence-electron chi connectivity index (χ2n) is 8.54. The molecule has 176 valence electrons. The van der Waals surface area contributed by atoms with Gasteiger partial charge in [-0.15, -0.1) is 0 Å². The predicted molar refractivity (Wildman–Crippen MR) is 130 cm³/mol. The Balaban J connectivity index is 1.56.